The van der Waals surface area contributed by atoms with Crippen molar-refractivity contribution in [2.45, 2.75) is 49.7 Å². The van der Waals surface area contributed by atoms with E-state index in [2.05, 4.69) is 10.6 Å². The second-order valence-electron chi connectivity index (χ2n) is 5.80. The first-order valence-corrected chi connectivity index (χ1v) is 6.94. The Kier molecular flexibility index (Phi) is 4.63. The number of nitrogens with two attached hydrogens (primary N) is 1. The fraction of sp³-hybridized carbons (Fsp3) is 0.917. The van der Waals surface area contributed by atoms with Crippen LogP contribution in [0.25, 0.3) is 0 Å². The van der Waals surface area contributed by atoms with Crippen molar-refractivity contribution in [1.29, 1.82) is 0 Å². The van der Waals surface area contributed by atoms with Crippen LogP contribution in [0.5, 0.6) is 0 Å². The van der Waals surface area contributed by atoms with E-state index in [1.54, 1.807) is 0 Å². The Labute approximate surface area is 122 Å². The zero-order chi connectivity index (χ0) is 16.7. The molecule has 1 saturated carbocycles. The predicted molar refractivity (Wildman–Crippen MR) is 64.6 cm³/mol. The van der Waals surface area contributed by atoms with E-state index < -0.39 is 61.1 Å². The second-order valence-corrected chi connectivity index (χ2v) is 5.80. The maximum Gasteiger partial charge on any atom is 0.393 e. The Balaban J connectivity index is 2.24. The van der Waals surface area contributed by atoms with Gasteiger partial charge in [-0.05, 0) is 25.8 Å². The Morgan fingerprint density at radius 3 is 2.23 bits per heavy atom. The summed E-state index contributed by atoms with van der Waals surface area (Å²) in [4.78, 5) is 11.8. The number of hydrogen-bond acceptors (Lipinski definition) is 3. The summed E-state index contributed by atoms with van der Waals surface area (Å²) in [6.45, 7) is 0.0876. The van der Waals surface area contributed by atoms with Crippen LogP contribution in [-0.4, -0.2) is 42.9 Å². The molecule has 1 saturated heterocycles. The molecule has 1 heterocycles. The minimum absolute atomic E-state index is 0.0876. The average Bonchev–Trinajstić information content (AvgIpc) is 2.36. The highest BCUT2D eigenvalue weighted by molar-refractivity contribution is 5.83. The average molecular weight is 333 g/mol. The summed E-state index contributed by atoms with van der Waals surface area (Å²) in [5.74, 6) is -4.83. The van der Waals surface area contributed by atoms with Crippen LogP contribution in [-0.2, 0) is 4.79 Å². The van der Waals surface area contributed by atoms with Gasteiger partial charge in [0, 0.05) is 12.1 Å². The lowest BCUT2D eigenvalue weighted by Gasteiger charge is -2.47. The molecular weight excluding hydrogens is 316 g/mol. The van der Waals surface area contributed by atoms with Crippen molar-refractivity contribution < 1.29 is 31.1 Å². The molecule has 0 bridgehead atoms. The molecule has 4 nitrogen and oxygen atoms in total. The molecule has 1 aliphatic heterocycles. The molecule has 10 heteroatoms. The standard InChI is InChI=1S/C12H17F6N3O/c13-11(14,15)5-3-6(12(16,17)18)9-8(4-5)21-10(22)7(20-9)1-2-19/h5-9,20H,1-4,19H2,(H,21,22)/t5?,6?,7-,8?,9?/m0/s1. The van der Waals surface area contributed by atoms with Crippen LogP contribution in [0.15, 0.2) is 0 Å². The van der Waals surface area contributed by atoms with Crippen LogP contribution in [0.4, 0.5) is 26.3 Å². The number of hydrogen-bond donors (Lipinski definition) is 3. The maximum absolute atomic E-state index is 13.1. The molecular formula is C12H17F6N3O. The highest BCUT2D eigenvalue weighted by atomic mass is 19.4. The van der Waals surface area contributed by atoms with Gasteiger partial charge in [-0.3, -0.25) is 4.79 Å². The molecule has 128 valence electrons. The minimum Gasteiger partial charge on any atom is -0.350 e. The molecule has 2 fully saturated rings. The van der Waals surface area contributed by atoms with Crippen LogP contribution in [0.3, 0.4) is 0 Å². The van der Waals surface area contributed by atoms with Crippen molar-refractivity contribution in [2.75, 3.05) is 6.54 Å². The molecule has 0 aromatic carbocycles. The fourth-order valence-corrected chi connectivity index (χ4v) is 3.24. The van der Waals surface area contributed by atoms with Gasteiger partial charge in [-0.1, -0.05) is 0 Å². The molecule has 1 amide bonds. The van der Waals surface area contributed by atoms with Gasteiger partial charge in [0.25, 0.3) is 0 Å². The first-order valence-electron chi connectivity index (χ1n) is 6.94. The van der Waals surface area contributed by atoms with Gasteiger partial charge in [-0.2, -0.15) is 26.3 Å². The zero-order valence-corrected chi connectivity index (χ0v) is 11.5. The van der Waals surface area contributed by atoms with Gasteiger partial charge in [-0.25, -0.2) is 0 Å². The normalized spacial score (nSPS) is 36.7. The summed E-state index contributed by atoms with van der Waals surface area (Å²) in [5.41, 5.74) is 5.30. The summed E-state index contributed by atoms with van der Waals surface area (Å²) in [7, 11) is 0. The van der Waals surface area contributed by atoms with Gasteiger partial charge >= 0.3 is 12.4 Å². The quantitative estimate of drug-likeness (QED) is 0.668. The number of alkyl halides is 6. The van der Waals surface area contributed by atoms with Crippen LogP contribution in [0, 0.1) is 11.8 Å². The Morgan fingerprint density at radius 1 is 1.09 bits per heavy atom. The summed E-state index contributed by atoms with van der Waals surface area (Å²) in [5, 5.41) is 4.86. The minimum atomic E-state index is -4.77. The first kappa shape index (κ1) is 17.3. The Hall–Kier alpha value is -1.03. The molecule has 0 radical (unpaired) electrons. The van der Waals surface area contributed by atoms with Gasteiger partial charge in [-0.15, -0.1) is 0 Å². The van der Waals surface area contributed by atoms with Crippen molar-refractivity contribution in [2.24, 2.45) is 17.6 Å². The van der Waals surface area contributed by atoms with Crippen LogP contribution >= 0.6 is 0 Å². The number of carbonyl (C=O) groups is 1. The van der Waals surface area contributed by atoms with E-state index >= 15 is 0 Å². The number of piperazine rings is 1. The zero-order valence-electron chi connectivity index (χ0n) is 11.5. The molecule has 1 aliphatic carbocycles. The lowest BCUT2D eigenvalue weighted by atomic mass is 9.72. The molecule has 4 N–H and O–H groups in total. The number of nitrogens with one attached hydrogen (secondary N) is 2. The SMILES string of the molecule is NCC[C@@H]1NC2C(CC(C(F)(F)F)CC2C(F)(F)F)NC1=O. The number of fused-ring (bicyclic) bond motifs is 1. The van der Waals surface area contributed by atoms with E-state index in [1.807, 2.05) is 0 Å². The third kappa shape index (κ3) is 3.48. The molecule has 22 heavy (non-hydrogen) atoms. The van der Waals surface area contributed by atoms with Crippen molar-refractivity contribution >= 4 is 5.91 Å². The maximum atomic E-state index is 13.1. The third-order valence-electron chi connectivity index (χ3n) is 4.32. The van der Waals surface area contributed by atoms with Crippen molar-refractivity contribution in [3.05, 3.63) is 0 Å². The molecule has 5 atom stereocenters. The summed E-state index contributed by atoms with van der Waals surface area (Å²) >= 11 is 0. The lowest BCUT2D eigenvalue weighted by molar-refractivity contribution is -0.233. The van der Waals surface area contributed by atoms with Gasteiger partial charge in [0.05, 0.1) is 17.9 Å². The van der Waals surface area contributed by atoms with Crippen molar-refractivity contribution in [3.8, 4) is 0 Å². The highest BCUT2D eigenvalue weighted by Gasteiger charge is 2.58. The van der Waals surface area contributed by atoms with E-state index in [-0.39, 0.29) is 13.0 Å². The van der Waals surface area contributed by atoms with Crippen LogP contribution in [0.2, 0.25) is 0 Å². The lowest BCUT2D eigenvalue weighted by Crippen LogP contribution is -2.70. The number of halogens is 6. The van der Waals surface area contributed by atoms with Crippen molar-refractivity contribution in [1.82, 2.24) is 10.6 Å². The van der Waals surface area contributed by atoms with E-state index in [0.29, 0.717) is 0 Å². The van der Waals surface area contributed by atoms with E-state index in [9.17, 15) is 31.1 Å². The van der Waals surface area contributed by atoms with Gasteiger partial charge in [0.15, 0.2) is 0 Å². The molecule has 0 aromatic heterocycles. The van der Waals surface area contributed by atoms with Crippen molar-refractivity contribution in [3.63, 3.8) is 0 Å². The molecule has 2 rings (SSSR count). The Morgan fingerprint density at radius 2 is 1.73 bits per heavy atom. The molecule has 0 aromatic rings. The van der Waals surface area contributed by atoms with Crippen LogP contribution in [0.1, 0.15) is 19.3 Å². The Bertz CT molecular complexity index is 424. The third-order valence-corrected chi connectivity index (χ3v) is 4.32. The van der Waals surface area contributed by atoms with E-state index in [0.717, 1.165) is 0 Å². The first-order chi connectivity index (χ1) is 10.0. The highest BCUT2D eigenvalue weighted by Crippen LogP contribution is 2.46. The predicted octanol–water partition coefficient (Wildman–Crippen LogP) is 1.31. The molecule has 4 unspecified atom stereocenters. The van der Waals surface area contributed by atoms with Crippen LogP contribution < -0.4 is 16.4 Å². The summed E-state index contributed by atoms with van der Waals surface area (Å²) in [6, 6.07) is -3.35. The number of amides is 1. The van der Waals surface area contributed by atoms with Gasteiger partial charge in [0.1, 0.15) is 0 Å². The molecule has 2 aliphatic rings. The van der Waals surface area contributed by atoms with E-state index in [4.69, 9.17) is 5.73 Å². The van der Waals surface area contributed by atoms with Gasteiger partial charge < -0.3 is 16.4 Å². The fourth-order valence-electron chi connectivity index (χ4n) is 3.24. The monoisotopic (exact) mass is 333 g/mol. The largest absolute Gasteiger partial charge is 0.393 e. The van der Waals surface area contributed by atoms with E-state index in [1.165, 1.54) is 0 Å². The number of rotatable bonds is 2. The number of carbonyl (C=O) groups excluding carboxylic acids is 1. The second kappa shape index (κ2) is 5.88. The topological polar surface area (TPSA) is 67.2 Å². The molecule has 0 spiro atoms. The van der Waals surface area contributed by atoms with Gasteiger partial charge in [0.2, 0.25) is 5.91 Å². The smallest absolute Gasteiger partial charge is 0.350 e. The summed E-state index contributed by atoms with van der Waals surface area (Å²) in [6.07, 6.45) is -10.9. The summed E-state index contributed by atoms with van der Waals surface area (Å²) < 4.78 is 77.9.